The summed E-state index contributed by atoms with van der Waals surface area (Å²) in [4.78, 5) is 0. The number of rotatable bonds is 6. The van der Waals surface area contributed by atoms with Crippen LogP contribution in [0.2, 0.25) is 0 Å². The van der Waals surface area contributed by atoms with Crippen molar-refractivity contribution in [1.29, 1.82) is 0 Å². The van der Waals surface area contributed by atoms with Crippen molar-refractivity contribution in [3.05, 3.63) is 83.9 Å². The molecule has 3 rings (SSSR count). The van der Waals surface area contributed by atoms with Crippen molar-refractivity contribution in [3.8, 4) is 0 Å². The van der Waals surface area contributed by atoms with Crippen LogP contribution in [0, 0.1) is 0 Å². The Labute approximate surface area is 142 Å². The van der Waals surface area contributed by atoms with Gasteiger partial charge in [0, 0.05) is 35.8 Å². The molecule has 24 heavy (non-hydrogen) atoms. The minimum atomic E-state index is 0.767. The third-order valence-corrected chi connectivity index (χ3v) is 3.79. The Morgan fingerprint density at radius 3 is 1.38 bits per heavy atom. The Hall–Kier alpha value is -3.14. The van der Waals surface area contributed by atoms with Gasteiger partial charge < -0.3 is 22.1 Å². The molecule has 0 saturated heterocycles. The molecule has 0 aromatic heterocycles. The van der Waals surface area contributed by atoms with Crippen molar-refractivity contribution in [2.45, 2.75) is 13.1 Å². The molecule has 0 amide bonds. The number of benzene rings is 3. The highest BCUT2D eigenvalue weighted by Crippen LogP contribution is 2.15. The second kappa shape index (κ2) is 7.42. The Morgan fingerprint density at radius 2 is 1.00 bits per heavy atom. The fraction of sp³-hybridized carbons (Fsp3) is 0.100. The highest BCUT2D eigenvalue weighted by molar-refractivity contribution is 5.55. The Morgan fingerprint density at radius 1 is 0.583 bits per heavy atom. The monoisotopic (exact) mass is 318 g/mol. The lowest BCUT2D eigenvalue weighted by Crippen LogP contribution is -2.02. The van der Waals surface area contributed by atoms with E-state index in [1.807, 2.05) is 48.5 Å². The van der Waals surface area contributed by atoms with Crippen molar-refractivity contribution < 1.29 is 0 Å². The van der Waals surface area contributed by atoms with E-state index < -0.39 is 0 Å². The molecular weight excluding hydrogens is 296 g/mol. The smallest absolute Gasteiger partial charge is 0.0400 e. The summed E-state index contributed by atoms with van der Waals surface area (Å²) >= 11 is 0. The topological polar surface area (TPSA) is 76.1 Å². The van der Waals surface area contributed by atoms with Crippen molar-refractivity contribution in [2.24, 2.45) is 0 Å². The summed E-state index contributed by atoms with van der Waals surface area (Å²) < 4.78 is 0. The summed E-state index contributed by atoms with van der Waals surface area (Å²) in [7, 11) is 0. The fourth-order valence-electron chi connectivity index (χ4n) is 2.48. The second-order valence-electron chi connectivity index (χ2n) is 5.77. The maximum atomic E-state index is 5.78. The van der Waals surface area contributed by atoms with Gasteiger partial charge in [-0.2, -0.15) is 0 Å². The number of anilines is 4. The molecule has 0 spiro atoms. The van der Waals surface area contributed by atoms with Crippen LogP contribution in [0.5, 0.6) is 0 Å². The number of nitrogen functional groups attached to an aromatic ring is 2. The number of nitrogens with two attached hydrogens (primary N) is 2. The molecule has 0 radical (unpaired) electrons. The first-order valence-electron chi connectivity index (χ1n) is 7.96. The van der Waals surface area contributed by atoms with Crippen molar-refractivity contribution >= 4 is 22.7 Å². The maximum absolute atomic E-state index is 5.78. The van der Waals surface area contributed by atoms with Crippen LogP contribution in [0.1, 0.15) is 11.1 Å². The minimum absolute atomic E-state index is 0.767. The second-order valence-corrected chi connectivity index (χ2v) is 5.77. The quantitative estimate of drug-likeness (QED) is 0.517. The van der Waals surface area contributed by atoms with E-state index in [0.717, 1.165) is 35.8 Å². The number of hydrogen-bond donors (Lipinski definition) is 4. The lowest BCUT2D eigenvalue weighted by atomic mass is 10.1. The predicted molar refractivity (Wildman–Crippen MR) is 103 cm³/mol. The van der Waals surface area contributed by atoms with E-state index >= 15 is 0 Å². The zero-order chi connectivity index (χ0) is 16.8. The molecule has 0 heterocycles. The van der Waals surface area contributed by atoms with Crippen LogP contribution in [0.4, 0.5) is 22.7 Å². The van der Waals surface area contributed by atoms with Crippen LogP contribution in [-0.4, -0.2) is 0 Å². The van der Waals surface area contributed by atoms with Crippen LogP contribution < -0.4 is 22.1 Å². The molecular formula is C20H22N4. The molecule has 0 bridgehead atoms. The van der Waals surface area contributed by atoms with E-state index in [2.05, 4.69) is 34.9 Å². The fourth-order valence-corrected chi connectivity index (χ4v) is 2.48. The standard InChI is InChI=1S/C20H22N4/c21-17-3-1-5-19(11-17)23-13-15-7-9-16(10-8-15)14-24-20-6-2-4-18(22)12-20/h1-12,23-24H,13-14,21-22H2. The third-order valence-electron chi connectivity index (χ3n) is 3.79. The predicted octanol–water partition coefficient (Wildman–Crippen LogP) is 4.08. The molecule has 122 valence electrons. The van der Waals surface area contributed by atoms with Crippen LogP contribution in [0.25, 0.3) is 0 Å². The van der Waals surface area contributed by atoms with Gasteiger partial charge in [-0.3, -0.25) is 0 Å². The molecule has 0 saturated carbocycles. The number of hydrogen-bond acceptors (Lipinski definition) is 4. The Balaban J connectivity index is 1.53. The first-order chi connectivity index (χ1) is 11.7. The molecule has 0 aliphatic rings. The van der Waals surface area contributed by atoms with Gasteiger partial charge in [-0.05, 0) is 47.5 Å². The van der Waals surface area contributed by atoms with Gasteiger partial charge in [-0.1, -0.05) is 36.4 Å². The van der Waals surface area contributed by atoms with Gasteiger partial charge in [0.25, 0.3) is 0 Å². The summed E-state index contributed by atoms with van der Waals surface area (Å²) in [6.07, 6.45) is 0. The van der Waals surface area contributed by atoms with E-state index in [1.54, 1.807) is 0 Å². The summed E-state index contributed by atoms with van der Waals surface area (Å²) in [5.74, 6) is 0. The highest BCUT2D eigenvalue weighted by Gasteiger charge is 1.98. The van der Waals surface area contributed by atoms with Gasteiger partial charge in [0.15, 0.2) is 0 Å². The largest absolute Gasteiger partial charge is 0.399 e. The van der Waals surface area contributed by atoms with Crippen molar-refractivity contribution in [1.82, 2.24) is 0 Å². The van der Waals surface area contributed by atoms with Gasteiger partial charge in [0.05, 0.1) is 0 Å². The molecule has 0 fully saturated rings. The van der Waals surface area contributed by atoms with E-state index in [0.29, 0.717) is 0 Å². The highest BCUT2D eigenvalue weighted by atomic mass is 14.9. The summed E-state index contributed by atoms with van der Waals surface area (Å²) in [6.45, 7) is 1.54. The lowest BCUT2D eigenvalue weighted by molar-refractivity contribution is 1.11. The van der Waals surface area contributed by atoms with Crippen LogP contribution in [0.15, 0.2) is 72.8 Å². The van der Waals surface area contributed by atoms with E-state index in [-0.39, 0.29) is 0 Å². The van der Waals surface area contributed by atoms with E-state index in [9.17, 15) is 0 Å². The molecule has 3 aromatic carbocycles. The van der Waals surface area contributed by atoms with E-state index in [1.165, 1.54) is 11.1 Å². The summed E-state index contributed by atoms with van der Waals surface area (Å²) in [6, 6.07) is 24.1. The SMILES string of the molecule is Nc1cccc(NCc2ccc(CNc3cccc(N)c3)cc2)c1. The van der Waals surface area contributed by atoms with E-state index in [4.69, 9.17) is 11.5 Å². The first-order valence-corrected chi connectivity index (χ1v) is 7.96. The summed E-state index contributed by atoms with van der Waals surface area (Å²) in [5, 5.41) is 6.75. The van der Waals surface area contributed by atoms with Gasteiger partial charge >= 0.3 is 0 Å². The average Bonchev–Trinajstić information content (AvgIpc) is 2.59. The summed E-state index contributed by atoms with van der Waals surface area (Å²) in [5.41, 5.74) is 17.6. The van der Waals surface area contributed by atoms with Gasteiger partial charge in [-0.15, -0.1) is 0 Å². The normalized spacial score (nSPS) is 10.3. The molecule has 4 heteroatoms. The van der Waals surface area contributed by atoms with Crippen LogP contribution in [-0.2, 0) is 13.1 Å². The zero-order valence-electron chi connectivity index (χ0n) is 13.5. The molecule has 4 nitrogen and oxygen atoms in total. The van der Waals surface area contributed by atoms with Gasteiger partial charge in [0.1, 0.15) is 0 Å². The molecule has 6 N–H and O–H groups in total. The lowest BCUT2D eigenvalue weighted by Gasteiger charge is -2.10. The zero-order valence-corrected chi connectivity index (χ0v) is 13.5. The minimum Gasteiger partial charge on any atom is -0.399 e. The molecule has 0 atom stereocenters. The molecule has 3 aromatic rings. The third kappa shape index (κ3) is 4.43. The first kappa shape index (κ1) is 15.7. The van der Waals surface area contributed by atoms with Crippen molar-refractivity contribution in [2.75, 3.05) is 22.1 Å². The van der Waals surface area contributed by atoms with Gasteiger partial charge in [-0.25, -0.2) is 0 Å². The Bertz CT molecular complexity index is 728. The van der Waals surface area contributed by atoms with Crippen molar-refractivity contribution in [3.63, 3.8) is 0 Å². The van der Waals surface area contributed by atoms with Crippen LogP contribution >= 0.6 is 0 Å². The molecule has 0 unspecified atom stereocenters. The molecule has 0 aliphatic carbocycles. The van der Waals surface area contributed by atoms with Gasteiger partial charge in [0.2, 0.25) is 0 Å². The Kier molecular flexibility index (Phi) is 4.87. The maximum Gasteiger partial charge on any atom is 0.0400 e. The van der Waals surface area contributed by atoms with Crippen LogP contribution in [0.3, 0.4) is 0 Å². The number of nitrogens with one attached hydrogen (secondary N) is 2. The molecule has 0 aliphatic heterocycles. The average molecular weight is 318 g/mol.